The zero-order valence-electron chi connectivity index (χ0n) is 20.3. The molecule has 7 nitrogen and oxygen atoms in total. The van der Waals surface area contributed by atoms with Crippen LogP contribution in [-0.4, -0.2) is 41.8 Å². The van der Waals surface area contributed by atoms with Gasteiger partial charge in [0, 0.05) is 18.2 Å². The van der Waals surface area contributed by atoms with Gasteiger partial charge in [0.2, 0.25) is 12.1 Å². The molecular formula is C28H31N3O4. The lowest BCUT2D eigenvalue weighted by Gasteiger charge is -2.34. The average molecular weight is 474 g/mol. The average Bonchev–Trinajstić information content (AvgIpc) is 3.32. The largest absolute Gasteiger partial charge is 0.481 e. The highest BCUT2D eigenvalue weighted by atomic mass is 16.4. The van der Waals surface area contributed by atoms with E-state index in [4.69, 9.17) is 4.99 Å². The van der Waals surface area contributed by atoms with Gasteiger partial charge in [0.1, 0.15) is 0 Å². The topological polar surface area (TPSA) is 99.1 Å². The molecule has 0 spiro atoms. The van der Waals surface area contributed by atoms with Crippen molar-refractivity contribution in [3.05, 3.63) is 77.9 Å². The minimum atomic E-state index is -1.22. The molecule has 2 aliphatic rings. The highest BCUT2D eigenvalue weighted by Gasteiger charge is 2.50. The first-order valence-electron chi connectivity index (χ1n) is 11.9. The Bertz CT molecular complexity index is 1180. The zero-order valence-corrected chi connectivity index (χ0v) is 20.3. The fraction of sp³-hybridized carbons (Fsp3) is 0.357. The maximum atomic E-state index is 13.7. The van der Waals surface area contributed by atoms with Crippen LogP contribution in [0.4, 0.5) is 5.69 Å². The number of hydrogen-bond donors (Lipinski definition) is 2. The highest BCUT2D eigenvalue weighted by Crippen LogP contribution is 2.44. The van der Waals surface area contributed by atoms with Crippen molar-refractivity contribution in [1.82, 2.24) is 5.32 Å². The predicted molar refractivity (Wildman–Crippen MR) is 135 cm³/mol. The molecule has 35 heavy (non-hydrogen) atoms. The molecule has 2 atom stereocenters. The van der Waals surface area contributed by atoms with Gasteiger partial charge in [-0.05, 0) is 31.2 Å². The Labute approximate surface area is 205 Å². The molecule has 0 saturated heterocycles. The molecule has 0 bridgehead atoms. The van der Waals surface area contributed by atoms with Gasteiger partial charge in [0.25, 0.3) is 5.91 Å². The van der Waals surface area contributed by atoms with Gasteiger partial charge in [0.05, 0.1) is 22.7 Å². The molecular weight excluding hydrogens is 442 g/mol. The van der Waals surface area contributed by atoms with E-state index in [2.05, 4.69) is 5.32 Å². The summed E-state index contributed by atoms with van der Waals surface area (Å²) in [5, 5.41) is 13.0. The minimum absolute atomic E-state index is 0.0997. The van der Waals surface area contributed by atoms with E-state index in [1.54, 1.807) is 7.05 Å². The predicted octanol–water partition coefficient (Wildman–Crippen LogP) is 4.03. The number of aliphatic imine (C=N–C) groups is 1. The van der Waals surface area contributed by atoms with Crippen molar-refractivity contribution in [3.63, 3.8) is 0 Å². The van der Waals surface area contributed by atoms with Crippen LogP contribution in [-0.2, 0) is 14.4 Å². The molecule has 2 aromatic rings. The monoisotopic (exact) mass is 473 g/mol. The third-order valence-electron chi connectivity index (χ3n) is 6.92. The maximum Gasteiger partial charge on any atom is 0.311 e. The van der Waals surface area contributed by atoms with E-state index in [9.17, 15) is 19.5 Å². The number of benzene rings is 2. The first kappa shape index (κ1) is 24.4. The number of carbonyl (C=O) groups excluding carboxylic acids is 2. The van der Waals surface area contributed by atoms with Crippen molar-refractivity contribution in [3.8, 4) is 0 Å². The van der Waals surface area contributed by atoms with Gasteiger partial charge in [0.15, 0.2) is 0 Å². The summed E-state index contributed by atoms with van der Waals surface area (Å²) in [7, 11) is 1.66. The number of hydrogen-bond acceptors (Lipinski definition) is 4. The molecule has 4 rings (SSSR count). The molecule has 7 heteroatoms. The van der Waals surface area contributed by atoms with Gasteiger partial charge in [-0.2, -0.15) is 0 Å². The molecule has 0 saturated carbocycles. The van der Waals surface area contributed by atoms with E-state index in [1.165, 1.54) is 4.90 Å². The van der Waals surface area contributed by atoms with E-state index in [0.29, 0.717) is 17.8 Å². The van der Waals surface area contributed by atoms with Crippen LogP contribution >= 0.6 is 0 Å². The summed E-state index contributed by atoms with van der Waals surface area (Å²) in [6.45, 7) is 3.93. The number of carboxylic acids is 1. The van der Waals surface area contributed by atoms with E-state index in [0.717, 1.165) is 11.1 Å². The Morgan fingerprint density at radius 3 is 2.34 bits per heavy atom. The molecule has 1 aliphatic heterocycles. The molecule has 1 aliphatic carbocycles. The van der Waals surface area contributed by atoms with E-state index < -0.39 is 29.4 Å². The summed E-state index contributed by atoms with van der Waals surface area (Å²) >= 11 is 0. The number of anilines is 1. The van der Waals surface area contributed by atoms with Gasteiger partial charge >= 0.3 is 5.97 Å². The van der Waals surface area contributed by atoms with Crippen LogP contribution in [0.2, 0.25) is 0 Å². The lowest BCUT2D eigenvalue weighted by molar-refractivity contribution is -0.157. The summed E-state index contributed by atoms with van der Waals surface area (Å²) in [5.74, 6) is -2.53. The van der Waals surface area contributed by atoms with Gasteiger partial charge in [-0.15, -0.1) is 0 Å². The smallest absolute Gasteiger partial charge is 0.311 e. The molecule has 1 heterocycles. The zero-order chi connectivity index (χ0) is 25.2. The highest BCUT2D eigenvalue weighted by molar-refractivity contribution is 6.20. The van der Waals surface area contributed by atoms with Crippen LogP contribution < -0.4 is 10.2 Å². The number of para-hydroxylation sites is 1. The van der Waals surface area contributed by atoms with Crippen molar-refractivity contribution < 1.29 is 19.5 Å². The second-order valence-electron chi connectivity index (χ2n) is 9.69. The number of amides is 2. The first-order chi connectivity index (χ1) is 16.7. The van der Waals surface area contributed by atoms with Crippen molar-refractivity contribution >= 4 is 29.2 Å². The van der Waals surface area contributed by atoms with Crippen molar-refractivity contribution in [2.24, 2.45) is 22.2 Å². The number of carbonyl (C=O) groups is 3. The van der Waals surface area contributed by atoms with Gasteiger partial charge in [-0.25, -0.2) is 4.99 Å². The molecule has 0 radical (unpaired) electrons. The lowest BCUT2D eigenvalue weighted by Crippen LogP contribution is -2.52. The Kier molecular flexibility index (Phi) is 6.87. The lowest BCUT2D eigenvalue weighted by atomic mass is 9.69. The molecule has 0 aromatic heterocycles. The van der Waals surface area contributed by atoms with Crippen LogP contribution in [0.15, 0.2) is 71.7 Å². The Morgan fingerprint density at radius 2 is 1.71 bits per heavy atom. The fourth-order valence-corrected chi connectivity index (χ4v) is 5.01. The molecule has 0 fully saturated rings. The summed E-state index contributed by atoms with van der Waals surface area (Å²) in [6, 6.07) is 17.0. The molecule has 2 aromatic carbocycles. The second-order valence-corrected chi connectivity index (χ2v) is 9.69. The normalized spacial score (nSPS) is 19.7. The number of nitrogens with one attached hydrogen (secondary N) is 1. The third kappa shape index (κ3) is 4.63. The van der Waals surface area contributed by atoms with Crippen LogP contribution in [0.3, 0.4) is 0 Å². The number of carboxylic acid groups (broad SMARTS) is 1. The standard InChI is InChI=1S/C28H31N3O4/c1-18(2)17-21(28(27(34)35)15-9-10-16-28)25(32)30-24-26(33)31(3)22-14-8-7-13-20(22)23(29-24)19-11-5-4-6-12-19/h4-14,18,21,24H,15-17H2,1-3H3,(H,30,32)(H,34,35)/t21-,24?/m0/s1. The van der Waals surface area contributed by atoms with Crippen LogP contribution in [0.1, 0.15) is 44.2 Å². The van der Waals surface area contributed by atoms with E-state index in [1.807, 2.05) is 80.6 Å². The Balaban J connectivity index is 1.74. The summed E-state index contributed by atoms with van der Waals surface area (Å²) in [6.07, 6.45) is 3.44. The summed E-state index contributed by atoms with van der Waals surface area (Å²) in [5.41, 5.74) is 1.68. The molecule has 2 N–H and O–H groups in total. The number of fused-ring (bicyclic) bond motifs is 1. The summed E-state index contributed by atoms with van der Waals surface area (Å²) < 4.78 is 0. The van der Waals surface area contributed by atoms with Crippen LogP contribution in [0, 0.1) is 17.3 Å². The van der Waals surface area contributed by atoms with Gasteiger partial charge in [-0.3, -0.25) is 14.4 Å². The van der Waals surface area contributed by atoms with Crippen molar-refractivity contribution in [2.75, 3.05) is 11.9 Å². The number of benzodiazepines with no additional fused rings is 1. The number of rotatable bonds is 7. The molecule has 2 amide bonds. The first-order valence-corrected chi connectivity index (χ1v) is 11.9. The van der Waals surface area contributed by atoms with Crippen molar-refractivity contribution in [2.45, 2.75) is 39.3 Å². The Hall–Kier alpha value is -3.74. The molecule has 182 valence electrons. The SMILES string of the molecule is CC(C)C[C@@H](C(=O)NC1N=C(c2ccccc2)c2ccccc2N(C)C1=O)C1(C(=O)O)CC=CC1. The van der Waals surface area contributed by atoms with E-state index >= 15 is 0 Å². The summed E-state index contributed by atoms with van der Waals surface area (Å²) in [4.78, 5) is 45.8. The molecule has 1 unspecified atom stereocenters. The van der Waals surface area contributed by atoms with Crippen molar-refractivity contribution in [1.29, 1.82) is 0 Å². The number of likely N-dealkylation sites (N-methyl/N-ethyl adjacent to an activating group) is 1. The Morgan fingerprint density at radius 1 is 1.09 bits per heavy atom. The number of aliphatic carboxylic acids is 1. The second kappa shape index (κ2) is 9.86. The van der Waals surface area contributed by atoms with E-state index in [-0.39, 0.29) is 24.7 Å². The fourth-order valence-electron chi connectivity index (χ4n) is 5.01. The number of nitrogens with zero attached hydrogens (tertiary/aromatic N) is 2. The third-order valence-corrected chi connectivity index (χ3v) is 6.92. The minimum Gasteiger partial charge on any atom is -0.481 e. The van der Waals surface area contributed by atoms with Gasteiger partial charge in [-0.1, -0.05) is 74.5 Å². The maximum absolute atomic E-state index is 13.7. The van der Waals surface area contributed by atoms with Gasteiger partial charge < -0.3 is 15.3 Å². The van der Waals surface area contributed by atoms with Crippen LogP contribution in [0.5, 0.6) is 0 Å². The quantitative estimate of drug-likeness (QED) is 0.593. The van der Waals surface area contributed by atoms with Crippen LogP contribution in [0.25, 0.3) is 0 Å². The number of allylic oxidation sites excluding steroid dienone is 2.